The number of rotatable bonds is 4. The van der Waals surface area contributed by atoms with Crippen molar-refractivity contribution in [1.82, 2.24) is 20.1 Å². The van der Waals surface area contributed by atoms with Gasteiger partial charge in [-0.1, -0.05) is 32.9 Å². The molecule has 2 heterocycles. The van der Waals surface area contributed by atoms with Gasteiger partial charge in [0.15, 0.2) is 0 Å². The van der Waals surface area contributed by atoms with E-state index in [4.69, 9.17) is 0 Å². The topological polar surface area (TPSA) is 65.5 Å². The number of aromatic nitrogens is 1. The van der Waals surface area contributed by atoms with Crippen LogP contribution in [-0.4, -0.2) is 46.0 Å². The molecule has 1 aromatic carbocycles. The molecule has 0 radical (unpaired) electrons. The van der Waals surface area contributed by atoms with Crippen molar-refractivity contribution < 1.29 is 9.59 Å². The maximum Gasteiger partial charge on any atom is 0.326 e. The number of amides is 3. The molecule has 0 unspecified atom stereocenters. The molecule has 2 aliphatic rings. The second kappa shape index (κ2) is 7.36. The fourth-order valence-electron chi connectivity index (χ4n) is 4.63. The smallest absolute Gasteiger partial charge is 0.323 e. The van der Waals surface area contributed by atoms with Gasteiger partial charge < -0.3 is 5.32 Å². The maximum absolute atomic E-state index is 13.2. The number of para-hydroxylation sites is 1. The highest BCUT2D eigenvalue weighted by Crippen LogP contribution is 2.43. The van der Waals surface area contributed by atoms with Gasteiger partial charge in [-0.3, -0.25) is 9.69 Å². The van der Waals surface area contributed by atoms with Gasteiger partial charge in [0.1, 0.15) is 10.5 Å². The summed E-state index contributed by atoms with van der Waals surface area (Å²) in [5.41, 5.74) is 0.533. The third kappa shape index (κ3) is 3.90. The summed E-state index contributed by atoms with van der Waals surface area (Å²) in [4.78, 5) is 33.8. The van der Waals surface area contributed by atoms with Crippen LogP contribution in [0.1, 0.15) is 51.5 Å². The molecule has 1 saturated carbocycles. The predicted octanol–water partition coefficient (Wildman–Crippen LogP) is 4.21. The van der Waals surface area contributed by atoms with E-state index in [9.17, 15) is 9.59 Å². The number of benzene rings is 1. The minimum atomic E-state index is -0.699. The van der Waals surface area contributed by atoms with E-state index in [1.807, 2.05) is 30.1 Å². The highest BCUT2D eigenvalue weighted by molar-refractivity contribution is 7.18. The lowest BCUT2D eigenvalue weighted by Gasteiger charge is -2.40. The number of carbonyl (C=O) groups excluding carboxylic acids is 2. The minimum absolute atomic E-state index is 0.0639. The average molecular weight is 415 g/mol. The Kier molecular flexibility index (Phi) is 5.15. The Morgan fingerprint density at radius 2 is 1.93 bits per heavy atom. The molecule has 156 valence electrons. The lowest BCUT2D eigenvalue weighted by atomic mass is 9.67. The summed E-state index contributed by atoms with van der Waals surface area (Å²) in [5.74, 6) is 0.527. The van der Waals surface area contributed by atoms with Crippen molar-refractivity contribution in [3.05, 3.63) is 29.3 Å². The molecule has 2 fully saturated rings. The maximum atomic E-state index is 13.2. The monoisotopic (exact) mass is 414 g/mol. The SMILES string of the molecule is CN(Cc1nc2ccccc2s1)CN1C(=O)NC2(CCC(C(C)(C)C)CC2)C1=O. The number of carbonyl (C=O) groups is 2. The van der Waals surface area contributed by atoms with Crippen LogP contribution in [0.25, 0.3) is 10.2 Å². The minimum Gasteiger partial charge on any atom is -0.323 e. The Labute approximate surface area is 176 Å². The van der Waals surface area contributed by atoms with Gasteiger partial charge in [-0.2, -0.15) is 0 Å². The molecule has 6 nitrogen and oxygen atoms in total. The van der Waals surface area contributed by atoms with Gasteiger partial charge >= 0.3 is 6.03 Å². The van der Waals surface area contributed by atoms with Crippen molar-refractivity contribution in [1.29, 1.82) is 0 Å². The fraction of sp³-hybridized carbons (Fsp3) is 0.591. The molecule has 1 spiro atoms. The van der Waals surface area contributed by atoms with Gasteiger partial charge in [-0.05, 0) is 56.2 Å². The molecule has 0 atom stereocenters. The fourth-order valence-corrected chi connectivity index (χ4v) is 5.68. The second-order valence-corrected chi connectivity index (χ2v) is 10.7. The van der Waals surface area contributed by atoms with Crippen molar-refractivity contribution in [2.24, 2.45) is 11.3 Å². The van der Waals surface area contributed by atoms with Crippen molar-refractivity contribution in [2.75, 3.05) is 13.7 Å². The number of urea groups is 1. The van der Waals surface area contributed by atoms with E-state index in [0.29, 0.717) is 12.5 Å². The number of thiazole rings is 1. The van der Waals surface area contributed by atoms with Crippen LogP contribution in [0.5, 0.6) is 0 Å². The molecule has 4 rings (SSSR count). The molecule has 1 aliphatic carbocycles. The van der Waals surface area contributed by atoms with Crippen molar-refractivity contribution >= 4 is 33.5 Å². The zero-order chi connectivity index (χ0) is 20.8. The van der Waals surface area contributed by atoms with E-state index in [2.05, 4.69) is 37.1 Å². The second-order valence-electron chi connectivity index (χ2n) is 9.62. The average Bonchev–Trinajstić information content (AvgIpc) is 3.15. The number of imide groups is 1. The molecule has 0 bridgehead atoms. The van der Waals surface area contributed by atoms with E-state index >= 15 is 0 Å². The van der Waals surface area contributed by atoms with Crippen LogP contribution in [0.4, 0.5) is 4.79 Å². The molecule has 1 aromatic heterocycles. The standard InChI is InChI=1S/C22H30N4O2S/c1-21(2,3)15-9-11-22(12-10-15)19(27)26(20(28)24-22)14-25(4)13-18-23-16-7-5-6-8-17(16)29-18/h5-8,15H,9-14H2,1-4H3,(H,24,28). The number of hydrogen-bond acceptors (Lipinski definition) is 5. The normalized spacial score (nSPS) is 25.4. The number of fused-ring (bicyclic) bond motifs is 1. The van der Waals surface area contributed by atoms with Crippen LogP contribution in [0.2, 0.25) is 0 Å². The summed E-state index contributed by atoms with van der Waals surface area (Å²) in [6.07, 6.45) is 3.42. The molecule has 1 aliphatic heterocycles. The van der Waals surface area contributed by atoms with Crippen LogP contribution >= 0.6 is 11.3 Å². The third-order valence-corrected chi connectivity index (χ3v) is 7.46. The van der Waals surface area contributed by atoms with Gasteiger partial charge in [0.05, 0.1) is 23.4 Å². The molecular weight excluding hydrogens is 384 g/mol. The first-order chi connectivity index (χ1) is 13.7. The first-order valence-electron chi connectivity index (χ1n) is 10.4. The summed E-state index contributed by atoms with van der Waals surface area (Å²) in [6.45, 7) is 7.66. The quantitative estimate of drug-likeness (QED) is 0.761. The van der Waals surface area contributed by atoms with E-state index in [1.54, 1.807) is 11.3 Å². The van der Waals surface area contributed by atoms with Crippen molar-refractivity contribution in [2.45, 2.75) is 58.5 Å². The van der Waals surface area contributed by atoms with Crippen molar-refractivity contribution in [3.8, 4) is 0 Å². The number of hydrogen-bond donors (Lipinski definition) is 1. The highest BCUT2D eigenvalue weighted by atomic mass is 32.1. The summed E-state index contributed by atoms with van der Waals surface area (Å²) in [5, 5.41) is 4.02. The Bertz CT molecular complexity index is 891. The molecule has 1 saturated heterocycles. The number of nitrogens with one attached hydrogen (secondary N) is 1. The Hall–Kier alpha value is -1.99. The Balaban J connectivity index is 1.40. The Morgan fingerprint density at radius 1 is 1.24 bits per heavy atom. The predicted molar refractivity (Wildman–Crippen MR) is 115 cm³/mol. The molecule has 2 aromatic rings. The van der Waals surface area contributed by atoms with Gasteiger partial charge in [-0.15, -0.1) is 11.3 Å². The summed E-state index contributed by atoms with van der Waals surface area (Å²) < 4.78 is 1.15. The van der Waals surface area contributed by atoms with E-state index in [1.165, 1.54) is 4.90 Å². The summed E-state index contributed by atoms with van der Waals surface area (Å²) >= 11 is 1.65. The van der Waals surface area contributed by atoms with E-state index in [-0.39, 0.29) is 24.0 Å². The van der Waals surface area contributed by atoms with E-state index < -0.39 is 5.54 Å². The summed E-state index contributed by atoms with van der Waals surface area (Å²) in [7, 11) is 1.92. The van der Waals surface area contributed by atoms with Crippen LogP contribution in [-0.2, 0) is 11.3 Å². The highest BCUT2D eigenvalue weighted by Gasteiger charge is 2.53. The van der Waals surface area contributed by atoms with Gasteiger partial charge in [0, 0.05) is 0 Å². The summed E-state index contributed by atoms with van der Waals surface area (Å²) in [6, 6.07) is 7.79. The van der Waals surface area contributed by atoms with Gasteiger partial charge in [0.2, 0.25) is 0 Å². The zero-order valence-electron chi connectivity index (χ0n) is 17.7. The van der Waals surface area contributed by atoms with Crippen LogP contribution in [0, 0.1) is 11.3 Å². The molecule has 29 heavy (non-hydrogen) atoms. The molecule has 3 amide bonds. The largest absolute Gasteiger partial charge is 0.326 e. The van der Waals surface area contributed by atoms with E-state index in [0.717, 1.165) is 40.9 Å². The van der Waals surface area contributed by atoms with Gasteiger partial charge in [-0.25, -0.2) is 14.7 Å². The van der Waals surface area contributed by atoms with Crippen LogP contribution in [0.15, 0.2) is 24.3 Å². The lowest BCUT2D eigenvalue weighted by Crippen LogP contribution is -2.51. The lowest BCUT2D eigenvalue weighted by molar-refractivity contribution is -0.134. The van der Waals surface area contributed by atoms with Crippen LogP contribution in [0.3, 0.4) is 0 Å². The molecule has 7 heteroatoms. The first kappa shape index (κ1) is 20.3. The third-order valence-electron chi connectivity index (χ3n) is 6.44. The zero-order valence-corrected chi connectivity index (χ0v) is 18.5. The molecular formula is C22H30N4O2S. The first-order valence-corrected chi connectivity index (χ1v) is 11.2. The van der Waals surface area contributed by atoms with Gasteiger partial charge in [0.25, 0.3) is 5.91 Å². The van der Waals surface area contributed by atoms with Crippen molar-refractivity contribution in [3.63, 3.8) is 0 Å². The number of nitrogens with zero attached hydrogens (tertiary/aromatic N) is 3. The Morgan fingerprint density at radius 3 is 2.59 bits per heavy atom. The van der Waals surface area contributed by atoms with Crippen LogP contribution < -0.4 is 5.32 Å². The molecule has 1 N–H and O–H groups in total.